The number of alkyl halides is 6. The van der Waals surface area contributed by atoms with Crippen LogP contribution in [0.1, 0.15) is 127 Å². The lowest BCUT2D eigenvalue weighted by molar-refractivity contribution is -0.374. The van der Waals surface area contributed by atoms with Crippen LogP contribution in [0.25, 0.3) is 0 Å². The average molecular weight is 1030 g/mol. The number of fused-ring (bicyclic) bond motifs is 5. The van der Waals surface area contributed by atoms with Crippen LogP contribution in [-0.4, -0.2) is 115 Å². The van der Waals surface area contributed by atoms with Gasteiger partial charge in [0.25, 0.3) is 5.60 Å². The standard InChI is InChI=1S/C44H73F6NO11P2S2/c1-41-22-21-37-36-18-16-35(30-34(36)15-17-38(37)39(41)19-20-40(41)59-25-13-26-60-42(2,43(45,46)47)44(48,49)50)58-27-24-51(3)23-10-6-8-12-29-66-65-28-11-7-5-9-14-33(31-61-63(52,53)54)32-62-64(55,56)57-4/h16,18,30,33,37-40H,5-15,17,19-29,31-32H2,1-4H3,(H,55,56)(H2,52,53,54). The van der Waals surface area contributed by atoms with E-state index in [2.05, 4.69) is 50.9 Å². The number of likely N-dealkylation sites (N-methyl/N-ethyl adjacent to an activating group) is 1. The summed E-state index contributed by atoms with van der Waals surface area (Å²) in [6.07, 6.45) is 3.57. The zero-order valence-electron chi connectivity index (χ0n) is 38.8. The van der Waals surface area contributed by atoms with Crippen LogP contribution in [0, 0.1) is 23.2 Å². The second-order valence-electron chi connectivity index (χ2n) is 18.5. The zero-order valence-corrected chi connectivity index (χ0v) is 42.3. The van der Waals surface area contributed by atoms with Crippen molar-refractivity contribution in [2.45, 2.75) is 147 Å². The lowest BCUT2D eigenvalue weighted by Gasteiger charge is -2.50. The highest BCUT2D eigenvalue weighted by Crippen LogP contribution is 2.61. The van der Waals surface area contributed by atoms with Gasteiger partial charge in [-0.25, -0.2) is 9.13 Å². The number of phosphoric acid groups is 2. The summed E-state index contributed by atoms with van der Waals surface area (Å²) in [5.74, 6) is 4.01. The van der Waals surface area contributed by atoms with E-state index in [1.807, 2.05) is 21.6 Å². The van der Waals surface area contributed by atoms with Crippen molar-refractivity contribution in [2.24, 2.45) is 23.2 Å². The van der Waals surface area contributed by atoms with Gasteiger partial charge in [-0.2, -0.15) is 26.3 Å². The molecule has 0 amide bonds. The minimum absolute atomic E-state index is 0.0323. The Bertz CT molecular complexity index is 1680. The van der Waals surface area contributed by atoms with Gasteiger partial charge in [-0.3, -0.25) is 13.6 Å². The van der Waals surface area contributed by atoms with Gasteiger partial charge in [-0.1, -0.05) is 66.7 Å². The van der Waals surface area contributed by atoms with Crippen molar-refractivity contribution in [1.29, 1.82) is 0 Å². The number of hydrogen-bond donors (Lipinski definition) is 3. The van der Waals surface area contributed by atoms with Crippen LogP contribution in [0.4, 0.5) is 26.3 Å². The Labute approximate surface area is 395 Å². The second-order valence-corrected chi connectivity index (χ2v) is 24.0. The van der Waals surface area contributed by atoms with E-state index in [1.54, 1.807) is 0 Å². The maximum atomic E-state index is 13.2. The molecule has 384 valence electrons. The summed E-state index contributed by atoms with van der Waals surface area (Å²) in [6, 6.07) is 6.54. The fourth-order valence-corrected chi connectivity index (χ4v) is 13.0. The number of benzene rings is 1. The first-order chi connectivity index (χ1) is 31.0. The molecule has 4 rings (SSSR count). The summed E-state index contributed by atoms with van der Waals surface area (Å²) >= 11 is 0. The molecule has 0 saturated heterocycles. The largest absolute Gasteiger partial charge is 0.492 e. The highest BCUT2D eigenvalue weighted by Gasteiger charge is 2.69. The van der Waals surface area contributed by atoms with Crippen molar-refractivity contribution in [2.75, 3.05) is 71.8 Å². The van der Waals surface area contributed by atoms with E-state index in [0.29, 0.717) is 30.8 Å². The minimum atomic E-state index is -5.57. The van der Waals surface area contributed by atoms with Crippen molar-refractivity contribution in [1.82, 2.24) is 4.90 Å². The number of halogens is 6. The van der Waals surface area contributed by atoms with E-state index in [0.717, 1.165) is 108 Å². The Morgan fingerprint density at radius 1 is 0.818 bits per heavy atom. The van der Waals surface area contributed by atoms with Crippen LogP contribution in [0.2, 0.25) is 0 Å². The summed E-state index contributed by atoms with van der Waals surface area (Å²) in [7, 11) is -1.88. The fourth-order valence-electron chi connectivity index (χ4n) is 9.82. The van der Waals surface area contributed by atoms with Gasteiger partial charge in [0.05, 0.1) is 25.9 Å². The van der Waals surface area contributed by atoms with Gasteiger partial charge < -0.3 is 33.8 Å². The van der Waals surface area contributed by atoms with Crippen molar-refractivity contribution >= 4 is 37.2 Å². The third-order valence-electron chi connectivity index (χ3n) is 13.8. The summed E-state index contributed by atoms with van der Waals surface area (Å²) in [6.45, 7) is 3.62. The van der Waals surface area contributed by atoms with Crippen LogP contribution in [-0.2, 0) is 38.6 Å². The first-order valence-corrected chi connectivity index (χ1v) is 28.8. The Balaban J connectivity index is 1.02. The maximum absolute atomic E-state index is 13.2. The van der Waals surface area contributed by atoms with E-state index < -0.39 is 46.1 Å². The Kier molecular flexibility index (Phi) is 23.5. The molecule has 3 aliphatic carbocycles. The number of rotatable bonds is 32. The Morgan fingerprint density at radius 3 is 2.12 bits per heavy atom. The van der Waals surface area contributed by atoms with Gasteiger partial charge >= 0.3 is 28.0 Å². The van der Waals surface area contributed by atoms with Crippen molar-refractivity contribution in [3.63, 3.8) is 0 Å². The number of hydrogen-bond acceptors (Lipinski definition) is 11. The fraction of sp³-hybridized carbons (Fsp3) is 0.864. The molecule has 0 spiro atoms. The molecule has 1 aromatic rings. The second kappa shape index (κ2) is 26.7. The van der Waals surface area contributed by atoms with Crippen molar-refractivity contribution in [3.8, 4) is 5.75 Å². The normalized spacial score (nSPS) is 23.9. The molecule has 7 unspecified atom stereocenters. The lowest BCUT2D eigenvalue weighted by atomic mass is 9.55. The monoisotopic (exact) mass is 1030 g/mol. The number of phosphoric ester groups is 2. The molecular weight excluding hydrogens is 959 g/mol. The zero-order chi connectivity index (χ0) is 48.7. The third kappa shape index (κ3) is 17.9. The topological polar surface area (TPSA) is 153 Å². The predicted octanol–water partition coefficient (Wildman–Crippen LogP) is 11.9. The van der Waals surface area contributed by atoms with Crippen LogP contribution in [0.5, 0.6) is 5.75 Å². The minimum Gasteiger partial charge on any atom is -0.492 e. The Morgan fingerprint density at radius 2 is 1.47 bits per heavy atom. The molecule has 0 radical (unpaired) electrons. The first kappa shape index (κ1) is 58.0. The molecule has 7 atom stereocenters. The van der Waals surface area contributed by atoms with E-state index in [4.69, 9.17) is 23.8 Å². The van der Waals surface area contributed by atoms with Crippen LogP contribution < -0.4 is 4.74 Å². The van der Waals surface area contributed by atoms with E-state index in [1.165, 1.54) is 30.4 Å². The Hall–Kier alpha value is -0.600. The van der Waals surface area contributed by atoms with Crippen molar-refractivity contribution in [3.05, 3.63) is 29.3 Å². The molecule has 1 aromatic carbocycles. The molecule has 66 heavy (non-hydrogen) atoms. The quantitative estimate of drug-likeness (QED) is 0.0271. The summed E-state index contributed by atoms with van der Waals surface area (Å²) in [4.78, 5) is 29.8. The molecule has 0 bridgehead atoms. The highest BCUT2D eigenvalue weighted by molar-refractivity contribution is 8.76. The number of aryl methyl sites for hydroxylation is 1. The molecule has 2 fully saturated rings. The third-order valence-corrected chi connectivity index (χ3v) is 17.8. The maximum Gasteiger partial charge on any atom is 0.471 e. The highest BCUT2D eigenvalue weighted by atomic mass is 33.1. The number of unbranched alkanes of at least 4 members (excludes halogenated alkanes) is 6. The summed E-state index contributed by atoms with van der Waals surface area (Å²) in [5.41, 5.74) is -1.54. The van der Waals surface area contributed by atoms with Gasteiger partial charge in [-0.05, 0) is 138 Å². The van der Waals surface area contributed by atoms with Gasteiger partial charge in [0.1, 0.15) is 12.4 Å². The van der Waals surface area contributed by atoms with E-state index in [9.17, 15) is 40.4 Å². The number of ether oxygens (including phenoxy) is 3. The summed E-state index contributed by atoms with van der Waals surface area (Å²) in [5, 5.41) is 0. The molecule has 0 heterocycles. The number of nitrogens with zero attached hydrogens (tertiary/aromatic N) is 1. The molecule has 2 saturated carbocycles. The molecule has 3 aliphatic rings. The van der Waals surface area contributed by atoms with Crippen molar-refractivity contribution < 1.29 is 77.9 Å². The molecule has 0 aliphatic heterocycles. The first-order valence-electron chi connectivity index (χ1n) is 23.3. The van der Waals surface area contributed by atoms with Gasteiger partial charge in [0.15, 0.2) is 0 Å². The molecule has 0 aromatic heterocycles. The predicted molar refractivity (Wildman–Crippen MR) is 246 cm³/mol. The van der Waals surface area contributed by atoms with E-state index in [-0.39, 0.29) is 44.7 Å². The molecule has 12 nitrogen and oxygen atoms in total. The lowest BCUT2D eigenvalue weighted by Crippen LogP contribution is -2.56. The smallest absolute Gasteiger partial charge is 0.471 e. The van der Waals surface area contributed by atoms with Gasteiger partial charge in [-0.15, -0.1) is 0 Å². The summed E-state index contributed by atoms with van der Waals surface area (Å²) < 4.78 is 132. The molecule has 22 heteroatoms. The average Bonchev–Trinajstić information content (AvgIpc) is 3.58. The van der Waals surface area contributed by atoms with Crippen LogP contribution >= 0.6 is 37.2 Å². The van der Waals surface area contributed by atoms with Gasteiger partial charge in [0.2, 0.25) is 0 Å². The van der Waals surface area contributed by atoms with Crippen LogP contribution in [0.15, 0.2) is 18.2 Å². The van der Waals surface area contributed by atoms with Crippen LogP contribution in [0.3, 0.4) is 0 Å². The van der Waals surface area contributed by atoms with Gasteiger partial charge in [0, 0.05) is 37.7 Å². The van der Waals surface area contributed by atoms with E-state index >= 15 is 0 Å². The molecule has 3 N–H and O–H groups in total. The SMILES string of the molecule is COP(=O)(O)OCC(CCCCCCSSCCCCCCN(C)CCOc1ccc2c(c1)CCC1C2CCC2(C)C(OCCCOC(C)(C(F)(F)F)C(F)(F)F)CCC12)COP(=O)(O)O. The molecular formula is C44H73F6NO11P2S2.